The first kappa shape index (κ1) is 13.0. The van der Waals surface area contributed by atoms with Crippen LogP contribution in [-0.2, 0) is 4.57 Å². The van der Waals surface area contributed by atoms with Gasteiger partial charge in [-0.2, -0.15) is 0 Å². The summed E-state index contributed by atoms with van der Waals surface area (Å²) in [5.41, 5.74) is 0. The highest BCUT2D eigenvalue weighted by Crippen LogP contribution is 2.31. The van der Waals surface area contributed by atoms with Gasteiger partial charge in [-0.1, -0.05) is 21.4 Å². The van der Waals surface area contributed by atoms with E-state index in [1.165, 1.54) is 0 Å². The summed E-state index contributed by atoms with van der Waals surface area (Å²) in [5.74, 6) is 0.830. The average Bonchev–Trinajstić information content (AvgIpc) is 2.26. The molecule has 1 aromatic rings. The number of aromatic nitrogens is 1. The van der Waals surface area contributed by atoms with Crippen molar-refractivity contribution in [1.82, 2.24) is 4.98 Å². The summed E-state index contributed by atoms with van der Waals surface area (Å²) in [5, 5.41) is 9.54. The standard InChI is InChI=1S/C9H13NO2PS2/c11-5-6-13(12)7-8-14-15-9-3-1-2-4-10-9/h1-4,11H,5-8H2/q+1. The fourth-order valence-corrected chi connectivity index (χ4v) is 4.44. The molecule has 1 aromatic heterocycles. The Bertz CT molecular complexity index is 297. The van der Waals surface area contributed by atoms with Crippen LogP contribution in [0.4, 0.5) is 0 Å². The van der Waals surface area contributed by atoms with E-state index in [1.807, 2.05) is 18.2 Å². The van der Waals surface area contributed by atoms with E-state index in [0.29, 0.717) is 12.3 Å². The largest absolute Gasteiger partial charge is 0.392 e. The second kappa shape index (κ2) is 8.11. The van der Waals surface area contributed by atoms with E-state index in [4.69, 9.17) is 5.11 Å². The smallest absolute Gasteiger partial charge is 0.342 e. The van der Waals surface area contributed by atoms with Crippen LogP contribution >= 0.6 is 29.4 Å². The van der Waals surface area contributed by atoms with Crippen molar-refractivity contribution in [3.63, 3.8) is 0 Å². The van der Waals surface area contributed by atoms with Gasteiger partial charge in [-0.15, -0.1) is 0 Å². The summed E-state index contributed by atoms with van der Waals surface area (Å²) in [4.78, 5) is 4.16. The highest BCUT2D eigenvalue weighted by molar-refractivity contribution is 8.76. The molecular weight excluding hydrogens is 249 g/mol. The maximum absolute atomic E-state index is 11.2. The maximum Gasteiger partial charge on any atom is 0.342 e. The van der Waals surface area contributed by atoms with Gasteiger partial charge in [-0.05, 0) is 22.9 Å². The van der Waals surface area contributed by atoms with Crippen molar-refractivity contribution in [3.8, 4) is 0 Å². The third-order valence-electron chi connectivity index (χ3n) is 1.56. The fraction of sp³-hybridized carbons (Fsp3) is 0.444. The molecule has 1 heterocycles. The second-order valence-corrected chi connectivity index (χ2v) is 7.02. The van der Waals surface area contributed by atoms with Crippen LogP contribution in [0.5, 0.6) is 0 Å². The number of hydrogen-bond acceptors (Lipinski definition) is 5. The van der Waals surface area contributed by atoms with Crippen LogP contribution in [0.2, 0.25) is 0 Å². The summed E-state index contributed by atoms with van der Waals surface area (Å²) in [6.07, 6.45) is 2.85. The van der Waals surface area contributed by atoms with Crippen molar-refractivity contribution in [1.29, 1.82) is 0 Å². The summed E-state index contributed by atoms with van der Waals surface area (Å²) in [7, 11) is 2.03. The predicted octanol–water partition coefficient (Wildman–Crippen LogP) is 2.64. The Balaban J connectivity index is 2.10. The first-order valence-electron chi connectivity index (χ1n) is 4.56. The van der Waals surface area contributed by atoms with E-state index >= 15 is 0 Å². The lowest BCUT2D eigenvalue weighted by molar-refractivity contribution is 0.320. The van der Waals surface area contributed by atoms with Gasteiger partial charge >= 0.3 is 7.80 Å². The van der Waals surface area contributed by atoms with Gasteiger partial charge < -0.3 is 5.11 Å². The third-order valence-corrected chi connectivity index (χ3v) is 5.55. The molecule has 0 radical (unpaired) electrons. The molecule has 0 aliphatic heterocycles. The number of hydrogen-bond donors (Lipinski definition) is 1. The van der Waals surface area contributed by atoms with Crippen LogP contribution in [-0.4, -0.2) is 34.8 Å². The quantitative estimate of drug-likeness (QED) is 0.465. The Hall–Kier alpha value is -0.0900. The lowest BCUT2D eigenvalue weighted by Crippen LogP contribution is -1.90. The van der Waals surface area contributed by atoms with Gasteiger partial charge in [0.05, 0.1) is 6.61 Å². The van der Waals surface area contributed by atoms with Crippen LogP contribution in [0.25, 0.3) is 0 Å². The Morgan fingerprint density at radius 1 is 1.40 bits per heavy atom. The Labute approximate surface area is 98.3 Å². The normalized spacial score (nSPS) is 11.4. The number of aliphatic hydroxyl groups excluding tert-OH is 1. The molecule has 0 saturated heterocycles. The third kappa shape index (κ3) is 6.15. The summed E-state index contributed by atoms with van der Waals surface area (Å²) in [6.45, 7) is 0.0211. The molecule has 1 rings (SSSR count). The molecule has 1 unspecified atom stereocenters. The lowest BCUT2D eigenvalue weighted by Gasteiger charge is -1.95. The van der Waals surface area contributed by atoms with Crippen molar-refractivity contribution in [2.24, 2.45) is 0 Å². The highest BCUT2D eigenvalue weighted by Gasteiger charge is 2.13. The van der Waals surface area contributed by atoms with E-state index < -0.39 is 7.80 Å². The average molecular weight is 262 g/mol. The number of rotatable bonds is 7. The van der Waals surface area contributed by atoms with Gasteiger partial charge in [0.25, 0.3) is 0 Å². The van der Waals surface area contributed by atoms with Gasteiger partial charge in [-0.25, -0.2) is 4.98 Å². The zero-order valence-corrected chi connectivity index (χ0v) is 10.7. The van der Waals surface area contributed by atoms with Gasteiger partial charge in [0.15, 0.2) is 12.3 Å². The molecule has 3 nitrogen and oxygen atoms in total. The number of aliphatic hydroxyl groups is 1. The van der Waals surface area contributed by atoms with E-state index in [2.05, 4.69) is 4.98 Å². The van der Waals surface area contributed by atoms with Crippen LogP contribution in [0.3, 0.4) is 0 Å². The minimum absolute atomic E-state index is 0.0211. The van der Waals surface area contributed by atoms with E-state index in [1.54, 1.807) is 27.8 Å². The molecule has 0 fully saturated rings. The number of nitrogens with zero attached hydrogens (tertiary/aromatic N) is 1. The van der Waals surface area contributed by atoms with Gasteiger partial charge in [0.1, 0.15) is 5.03 Å². The molecule has 1 atom stereocenters. The molecule has 1 N–H and O–H groups in total. The number of pyridine rings is 1. The van der Waals surface area contributed by atoms with Gasteiger partial charge in [0.2, 0.25) is 0 Å². The summed E-state index contributed by atoms with van der Waals surface area (Å²) >= 11 is 0. The van der Waals surface area contributed by atoms with Crippen LogP contribution < -0.4 is 0 Å². The zero-order chi connectivity index (χ0) is 10.9. The molecule has 0 spiro atoms. The Morgan fingerprint density at radius 2 is 2.27 bits per heavy atom. The van der Waals surface area contributed by atoms with Gasteiger partial charge in [-0.3, -0.25) is 0 Å². The Kier molecular flexibility index (Phi) is 7.01. The molecule has 0 aromatic carbocycles. The minimum atomic E-state index is -1.22. The minimum Gasteiger partial charge on any atom is -0.392 e. The van der Waals surface area contributed by atoms with Crippen molar-refractivity contribution in [3.05, 3.63) is 24.4 Å². The van der Waals surface area contributed by atoms with Crippen molar-refractivity contribution >= 4 is 29.4 Å². The molecule has 82 valence electrons. The topological polar surface area (TPSA) is 50.2 Å². The van der Waals surface area contributed by atoms with Crippen molar-refractivity contribution in [2.75, 3.05) is 24.7 Å². The molecule has 0 amide bonds. The molecule has 0 saturated carbocycles. The lowest BCUT2D eigenvalue weighted by atomic mass is 10.5. The SMILES string of the molecule is O=[P+](CCO)CCSSc1ccccn1. The maximum atomic E-state index is 11.2. The molecule has 0 bridgehead atoms. The first-order valence-corrected chi connectivity index (χ1v) is 8.51. The first-order chi connectivity index (χ1) is 7.33. The van der Waals surface area contributed by atoms with Crippen LogP contribution in [0, 0.1) is 0 Å². The monoisotopic (exact) mass is 262 g/mol. The molecule has 6 heteroatoms. The van der Waals surface area contributed by atoms with E-state index in [-0.39, 0.29) is 6.61 Å². The fourth-order valence-electron chi connectivity index (χ4n) is 0.861. The van der Waals surface area contributed by atoms with Gasteiger partial charge in [0, 0.05) is 11.9 Å². The molecule has 15 heavy (non-hydrogen) atoms. The summed E-state index contributed by atoms with van der Waals surface area (Å²) < 4.78 is 11.2. The predicted molar refractivity (Wildman–Crippen MR) is 67.0 cm³/mol. The zero-order valence-electron chi connectivity index (χ0n) is 8.20. The van der Waals surface area contributed by atoms with Crippen molar-refractivity contribution < 1.29 is 9.67 Å². The van der Waals surface area contributed by atoms with Crippen LogP contribution in [0.15, 0.2) is 29.4 Å². The molecule has 0 aliphatic rings. The molecular formula is C9H13NO2PS2+. The highest BCUT2D eigenvalue weighted by atomic mass is 33.1. The summed E-state index contributed by atoms with van der Waals surface area (Å²) in [6, 6.07) is 5.78. The second-order valence-electron chi connectivity index (χ2n) is 2.73. The van der Waals surface area contributed by atoms with E-state index in [9.17, 15) is 4.57 Å². The van der Waals surface area contributed by atoms with Crippen molar-refractivity contribution in [2.45, 2.75) is 5.03 Å². The van der Waals surface area contributed by atoms with Crippen LogP contribution in [0.1, 0.15) is 0 Å². The Morgan fingerprint density at radius 3 is 2.93 bits per heavy atom. The van der Waals surface area contributed by atoms with E-state index in [0.717, 1.165) is 10.8 Å². The molecule has 0 aliphatic carbocycles.